The summed E-state index contributed by atoms with van der Waals surface area (Å²) in [4.78, 5) is 130. The maximum Gasteiger partial charge on any atom is 0.326 e. The number of carbonyl (C=O) groups excluding carboxylic acids is 2. The monoisotopic (exact) mass is 1130 g/mol. The first-order valence-electron chi connectivity index (χ1n) is 27.3. The van der Waals surface area contributed by atoms with Gasteiger partial charge in [-0.15, -0.1) is 0 Å². The van der Waals surface area contributed by atoms with Gasteiger partial charge >= 0.3 is 47.8 Å². The summed E-state index contributed by atoms with van der Waals surface area (Å²) >= 11 is 0. The third kappa shape index (κ3) is 26.7. The number of amides is 3. The molecule has 80 heavy (non-hydrogen) atoms. The van der Waals surface area contributed by atoms with Crippen molar-refractivity contribution in [3.63, 3.8) is 0 Å². The van der Waals surface area contributed by atoms with E-state index in [0.29, 0.717) is 69.1 Å². The van der Waals surface area contributed by atoms with Gasteiger partial charge in [0.05, 0.1) is 26.2 Å². The van der Waals surface area contributed by atoms with E-state index >= 15 is 0 Å². The van der Waals surface area contributed by atoms with Crippen molar-refractivity contribution >= 4 is 59.7 Å². The smallest absolute Gasteiger partial charge is 0.326 e. The van der Waals surface area contributed by atoms with E-state index in [1.165, 1.54) is 0 Å². The molecule has 2 aliphatic heterocycles. The Balaban J connectivity index is 1.28. The first-order chi connectivity index (χ1) is 38.2. The molecule has 3 amide bonds. The fraction of sp³-hybridized carbons (Fsp3) is 0.654. The fourth-order valence-corrected chi connectivity index (χ4v) is 9.46. The van der Waals surface area contributed by atoms with Crippen molar-refractivity contribution in [1.29, 1.82) is 0 Å². The summed E-state index contributed by atoms with van der Waals surface area (Å²) < 4.78 is 0. The molecule has 0 radical (unpaired) electrons. The molecular formula is C52H80N12O16. The lowest BCUT2D eigenvalue weighted by molar-refractivity contribution is -0.142. The minimum atomic E-state index is -1.50. The molecule has 0 aliphatic carbocycles. The predicted octanol–water partition coefficient (Wildman–Crippen LogP) is -0.0268. The SMILES string of the molecule is O=C(O)CC[C@H](NC(=O)N[C@@H](CCCCNC(=O)CCCCCCCCc1nc(Cc2ccc(CC3CN(CC(=O)O)CCN(CC(=O)O)CCN(CC(=O)O)CCN3CC(=O)O)cc2)nc(N2CCNCC2)n1)C(=O)O)C(=O)O. The second kappa shape index (κ2) is 35.5. The van der Waals surface area contributed by atoms with Crippen LogP contribution in [0, 0.1) is 0 Å². The summed E-state index contributed by atoms with van der Waals surface area (Å²) in [5, 5.41) is 77.1. The van der Waals surface area contributed by atoms with Crippen molar-refractivity contribution in [3.8, 4) is 0 Å². The van der Waals surface area contributed by atoms with Gasteiger partial charge in [0.2, 0.25) is 11.9 Å². The molecule has 1 aromatic heterocycles. The number of unbranched alkanes of at least 4 members (excludes halogenated alkanes) is 6. The summed E-state index contributed by atoms with van der Waals surface area (Å²) in [7, 11) is 0. The maximum absolute atomic E-state index is 12.5. The first kappa shape index (κ1) is 65.4. The molecule has 28 nitrogen and oxygen atoms in total. The van der Waals surface area contributed by atoms with E-state index in [1.807, 2.05) is 24.3 Å². The average Bonchev–Trinajstić information content (AvgIpc) is 3.41. The number of urea groups is 1. The number of aromatic nitrogens is 3. The zero-order valence-electron chi connectivity index (χ0n) is 45.3. The van der Waals surface area contributed by atoms with Crippen LogP contribution in [-0.4, -0.2) is 247 Å². The van der Waals surface area contributed by atoms with Crippen LogP contribution in [0.5, 0.6) is 0 Å². The molecule has 2 fully saturated rings. The number of aryl methyl sites for hydroxylation is 1. The number of anilines is 1. The van der Waals surface area contributed by atoms with E-state index in [-0.39, 0.29) is 90.7 Å². The second-order valence-electron chi connectivity index (χ2n) is 20.2. The summed E-state index contributed by atoms with van der Waals surface area (Å²) in [6.45, 7) is 3.36. The Morgan fingerprint density at radius 2 is 1.06 bits per heavy atom. The highest BCUT2D eigenvalue weighted by molar-refractivity contribution is 5.86. The van der Waals surface area contributed by atoms with Gasteiger partial charge in [-0.25, -0.2) is 19.4 Å². The van der Waals surface area contributed by atoms with E-state index in [0.717, 1.165) is 69.4 Å². The van der Waals surface area contributed by atoms with E-state index in [2.05, 4.69) is 26.2 Å². The summed E-state index contributed by atoms with van der Waals surface area (Å²) in [6.07, 6.45) is 6.90. The molecule has 1 unspecified atom stereocenters. The average molecular weight is 1130 g/mol. The van der Waals surface area contributed by atoms with E-state index in [1.54, 1.807) is 19.6 Å². The normalized spacial score (nSPS) is 17.0. The Bertz CT molecular complexity index is 2340. The van der Waals surface area contributed by atoms with Crippen LogP contribution in [0.1, 0.15) is 99.8 Å². The number of nitrogens with one attached hydrogen (secondary N) is 4. The molecule has 444 valence electrons. The van der Waals surface area contributed by atoms with Crippen LogP contribution in [-0.2, 0) is 57.6 Å². The Morgan fingerprint density at radius 3 is 1.65 bits per heavy atom. The molecule has 0 spiro atoms. The molecule has 1 aromatic carbocycles. The van der Waals surface area contributed by atoms with Crippen molar-refractivity contribution in [3.05, 3.63) is 47.0 Å². The van der Waals surface area contributed by atoms with Gasteiger partial charge in [-0.05, 0) is 56.1 Å². The molecular weight excluding hydrogens is 1050 g/mol. The van der Waals surface area contributed by atoms with Crippen LogP contribution in [0.2, 0.25) is 0 Å². The van der Waals surface area contributed by atoms with Gasteiger partial charge in [-0.1, -0.05) is 49.9 Å². The Kier molecular flexibility index (Phi) is 29.0. The number of benzene rings is 1. The molecule has 4 rings (SSSR count). The molecule has 3 heterocycles. The number of piperazine rings is 1. The van der Waals surface area contributed by atoms with Gasteiger partial charge < -0.3 is 61.9 Å². The summed E-state index contributed by atoms with van der Waals surface area (Å²) in [5.74, 6) is -6.54. The minimum absolute atomic E-state index is 0.0269. The highest BCUT2D eigenvalue weighted by atomic mass is 16.4. The minimum Gasteiger partial charge on any atom is -0.481 e. The zero-order chi connectivity index (χ0) is 58.4. The number of aliphatic carboxylic acids is 7. The van der Waals surface area contributed by atoms with Crippen LogP contribution >= 0.6 is 0 Å². The van der Waals surface area contributed by atoms with Gasteiger partial charge in [0.25, 0.3) is 0 Å². The molecule has 11 N–H and O–H groups in total. The van der Waals surface area contributed by atoms with Crippen molar-refractivity contribution in [2.45, 2.75) is 114 Å². The predicted molar refractivity (Wildman–Crippen MR) is 287 cm³/mol. The number of hydrogen-bond acceptors (Lipinski definition) is 18. The van der Waals surface area contributed by atoms with Crippen LogP contribution < -0.4 is 26.2 Å². The summed E-state index contributed by atoms with van der Waals surface area (Å²) in [5.41, 5.74) is 1.79. The molecule has 0 bridgehead atoms. The van der Waals surface area contributed by atoms with Crippen LogP contribution in [0.3, 0.4) is 0 Å². The Labute approximate surface area is 464 Å². The number of nitrogens with zero attached hydrogens (tertiary/aromatic N) is 8. The van der Waals surface area contributed by atoms with Gasteiger partial charge in [-0.2, -0.15) is 9.97 Å². The number of carbonyl (C=O) groups is 9. The highest BCUT2D eigenvalue weighted by Gasteiger charge is 2.29. The number of rotatable bonds is 34. The van der Waals surface area contributed by atoms with E-state index in [9.17, 15) is 73.8 Å². The zero-order valence-corrected chi connectivity index (χ0v) is 45.3. The third-order valence-electron chi connectivity index (χ3n) is 13.7. The molecule has 2 saturated heterocycles. The lowest BCUT2D eigenvalue weighted by Gasteiger charge is -2.37. The topological polar surface area (TPSA) is 398 Å². The lowest BCUT2D eigenvalue weighted by Crippen LogP contribution is -2.53. The molecule has 2 aliphatic rings. The standard InChI is InChI=1S/C52H80N12O16/c65-43(54-18-8-7-9-39(49(76)77)55-52(80)56-40(50(78)79)16-17-44(66)67)11-6-4-2-1-3-5-10-41-57-42(59-51(58-41)63-21-19-53-20-22-63)30-37-14-12-36(13-15-37)29-38-31-62(34-47(72)73)26-25-60(32-45(68)69)23-24-61(33-46(70)71)27-28-64(38)35-48(74)75/h12-15,38-40,53H,1-11,16-35H2,(H,54,65)(H,66,67)(H,68,69)(H,70,71)(H,72,73)(H,74,75)(H,76,77)(H,78,79)(H2,55,56,80)/t38?,39-,40-/m0/s1. The Hall–Kier alpha value is -7.14. The van der Waals surface area contributed by atoms with Crippen molar-refractivity contribution in [2.75, 3.05) is 110 Å². The van der Waals surface area contributed by atoms with E-state index in [4.69, 9.17) is 20.1 Å². The number of carboxylic acids is 7. The highest BCUT2D eigenvalue weighted by Crippen LogP contribution is 2.19. The van der Waals surface area contributed by atoms with Crippen LogP contribution in [0.4, 0.5) is 10.7 Å². The molecule has 0 saturated carbocycles. The second-order valence-corrected chi connectivity index (χ2v) is 20.2. The van der Waals surface area contributed by atoms with Crippen molar-refractivity contribution in [2.24, 2.45) is 0 Å². The molecule has 2 aromatic rings. The fourth-order valence-electron chi connectivity index (χ4n) is 9.46. The third-order valence-corrected chi connectivity index (χ3v) is 13.7. The van der Waals surface area contributed by atoms with Gasteiger partial charge in [-0.3, -0.25) is 48.4 Å². The molecule has 28 heteroatoms. The maximum atomic E-state index is 12.5. The van der Waals surface area contributed by atoms with Gasteiger partial charge in [0.15, 0.2) is 0 Å². The van der Waals surface area contributed by atoms with E-state index < -0.39 is 72.4 Å². The van der Waals surface area contributed by atoms with Gasteiger partial charge in [0.1, 0.15) is 23.7 Å². The number of carboxylic acid groups (broad SMARTS) is 7. The molecule has 3 atom stereocenters. The Morgan fingerprint density at radius 1 is 0.537 bits per heavy atom. The van der Waals surface area contributed by atoms with Crippen LogP contribution in [0.25, 0.3) is 0 Å². The van der Waals surface area contributed by atoms with Crippen LogP contribution in [0.15, 0.2) is 24.3 Å². The van der Waals surface area contributed by atoms with Crippen molar-refractivity contribution < 1.29 is 78.9 Å². The van der Waals surface area contributed by atoms with Crippen molar-refractivity contribution in [1.82, 2.24) is 55.8 Å². The summed E-state index contributed by atoms with van der Waals surface area (Å²) in [6, 6.07) is 3.44. The quantitative estimate of drug-likeness (QED) is 0.0410. The lowest BCUT2D eigenvalue weighted by atomic mass is 10.0. The number of hydrogen-bond donors (Lipinski definition) is 11. The first-order valence-corrected chi connectivity index (χ1v) is 27.3. The largest absolute Gasteiger partial charge is 0.481 e. The van der Waals surface area contributed by atoms with Gasteiger partial charge in [0, 0.05) is 110 Å².